The van der Waals surface area contributed by atoms with Crippen LogP contribution in [0.1, 0.15) is 30.5 Å². The molecule has 3 nitrogen and oxygen atoms in total. The van der Waals surface area contributed by atoms with Gasteiger partial charge in [-0.15, -0.1) is 0 Å². The smallest absolute Gasteiger partial charge is 0.0991 e. The Morgan fingerprint density at radius 1 is 0.379 bits per heavy atom. The molecule has 0 aliphatic heterocycles. The maximum atomic E-state index is 10.1. The molecule has 66 heavy (non-hydrogen) atoms. The summed E-state index contributed by atoms with van der Waals surface area (Å²) in [7, 11) is 0. The molecule has 12 rings (SSSR count). The fraction of sp³-hybridized carbons (Fsp3) is 0.0476. The molecule has 0 atom stereocenters. The van der Waals surface area contributed by atoms with E-state index in [1.165, 1.54) is 44.2 Å². The van der Waals surface area contributed by atoms with Gasteiger partial charge in [-0.05, 0) is 133 Å². The van der Waals surface area contributed by atoms with Gasteiger partial charge in [0.05, 0.1) is 34.1 Å². The lowest BCUT2D eigenvalue weighted by atomic mass is 9.82. The number of pyridine rings is 1. The molecule has 11 aromatic rings. The maximum absolute atomic E-state index is 10.1. The zero-order valence-electron chi connectivity index (χ0n) is 36.7. The number of hydrogen-bond acceptors (Lipinski definition) is 2. The molecular weight excluding hydrogens is 799 g/mol. The van der Waals surface area contributed by atoms with Crippen molar-refractivity contribution in [1.82, 2.24) is 9.55 Å². The van der Waals surface area contributed by atoms with Crippen LogP contribution in [0.2, 0.25) is 0 Å². The van der Waals surface area contributed by atoms with Gasteiger partial charge in [-0.25, -0.2) is 4.98 Å². The average Bonchev–Trinajstić information content (AvgIpc) is 3.82. The first-order valence-corrected chi connectivity index (χ1v) is 22.6. The van der Waals surface area contributed by atoms with Crippen LogP contribution >= 0.6 is 0 Å². The molecule has 2 heterocycles. The highest BCUT2D eigenvalue weighted by Crippen LogP contribution is 2.51. The van der Waals surface area contributed by atoms with Crippen LogP contribution in [0.3, 0.4) is 0 Å². The van der Waals surface area contributed by atoms with Gasteiger partial charge in [0, 0.05) is 33.0 Å². The van der Waals surface area contributed by atoms with Gasteiger partial charge in [0.15, 0.2) is 0 Å². The second-order valence-corrected chi connectivity index (χ2v) is 17.9. The van der Waals surface area contributed by atoms with Crippen molar-refractivity contribution in [3.8, 4) is 89.9 Å². The minimum Gasteiger partial charge on any atom is -0.309 e. The van der Waals surface area contributed by atoms with E-state index in [1.807, 2.05) is 24.3 Å². The summed E-state index contributed by atoms with van der Waals surface area (Å²) >= 11 is 0. The van der Waals surface area contributed by atoms with Gasteiger partial charge in [-0.3, -0.25) is 0 Å². The van der Waals surface area contributed by atoms with Crippen LogP contribution in [0.5, 0.6) is 0 Å². The Morgan fingerprint density at radius 3 is 1.62 bits per heavy atom. The lowest BCUT2D eigenvalue weighted by Crippen LogP contribution is -2.15. The summed E-state index contributed by atoms with van der Waals surface area (Å²) < 4.78 is 2.46. The van der Waals surface area contributed by atoms with E-state index >= 15 is 0 Å². The van der Waals surface area contributed by atoms with E-state index in [-0.39, 0.29) is 5.41 Å². The van der Waals surface area contributed by atoms with Gasteiger partial charge in [-0.2, -0.15) is 5.26 Å². The average molecular weight is 842 g/mol. The predicted octanol–water partition coefficient (Wildman–Crippen LogP) is 16.4. The Bertz CT molecular complexity index is 3720. The topological polar surface area (TPSA) is 41.6 Å². The second kappa shape index (κ2) is 15.6. The highest BCUT2D eigenvalue weighted by Gasteiger charge is 2.36. The number of rotatable bonds is 7. The van der Waals surface area contributed by atoms with Crippen LogP contribution in [0.4, 0.5) is 0 Å². The Labute approximate surface area is 385 Å². The van der Waals surface area contributed by atoms with E-state index in [0.717, 1.165) is 72.6 Å². The maximum Gasteiger partial charge on any atom is 0.0991 e. The van der Waals surface area contributed by atoms with Crippen molar-refractivity contribution in [3.63, 3.8) is 0 Å². The first-order valence-electron chi connectivity index (χ1n) is 22.6. The number of fused-ring (bicyclic) bond motifs is 6. The summed E-state index contributed by atoms with van der Waals surface area (Å²) in [6.07, 6.45) is 0. The monoisotopic (exact) mass is 841 g/mol. The van der Waals surface area contributed by atoms with Crippen molar-refractivity contribution < 1.29 is 0 Å². The highest BCUT2D eigenvalue weighted by molar-refractivity contribution is 6.12. The first kappa shape index (κ1) is 39.0. The Kier molecular flexibility index (Phi) is 9.22. The minimum atomic E-state index is -0.183. The fourth-order valence-corrected chi connectivity index (χ4v) is 10.2. The van der Waals surface area contributed by atoms with Crippen LogP contribution < -0.4 is 0 Å². The van der Waals surface area contributed by atoms with Gasteiger partial charge in [0.1, 0.15) is 0 Å². The lowest BCUT2D eigenvalue weighted by molar-refractivity contribution is 0.661. The molecule has 0 saturated carbocycles. The highest BCUT2D eigenvalue weighted by atomic mass is 15.0. The summed E-state index contributed by atoms with van der Waals surface area (Å²) in [6, 6.07) is 82.7. The van der Waals surface area contributed by atoms with Crippen LogP contribution in [0, 0.1) is 11.3 Å². The van der Waals surface area contributed by atoms with Gasteiger partial charge in [-0.1, -0.05) is 172 Å². The molecule has 3 heteroatoms. The molecule has 1 aliphatic carbocycles. The summed E-state index contributed by atoms with van der Waals surface area (Å²) in [4.78, 5) is 5.48. The molecule has 9 aromatic carbocycles. The third kappa shape index (κ3) is 6.62. The van der Waals surface area contributed by atoms with Crippen molar-refractivity contribution in [1.29, 1.82) is 5.26 Å². The molecule has 0 radical (unpaired) electrons. The van der Waals surface area contributed by atoms with Crippen molar-refractivity contribution >= 4 is 21.8 Å². The second-order valence-electron chi connectivity index (χ2n) is 17.9. The normalized spacial score (nSPS) is 12.5. The van der Waals surface area contributed by atoms with E-state index < -0.39 is 0 Å². The van der Waals surface area contributed by atoms with Crippen molar-refractivity contribution in [2.75, 3.05) is 0 Å². The van der Waals surface area contributed by atoms with E-state index in [0.29, 0.717) is 5.56 Å². The van der Waals surface area contributed by atoms with Crippen LogP contribution in [-0.4, -0.2) is 9.55 Å². The predicted molar refractivity (Wildman–Crippen MR) is 273 cm³/mol. The Hall–Kier alpha value is -8.58. The molecule has 0 saturated heterocycles. The molecule has 0 N–H and O–H groups in total. The standard InChI is InChI=1S/C63H43N3/c1-63(2)57-27-13-12-26-53(57)55-38-56-54-29-28-48(43-19-8-4-9-20-43)37-61(54)66(62(56)39-58(55)63)52-33-49(45-23-14-16-41(30-45)40-64)32-51(34-52)60-36-50(35-59(65-60)44-21-10-5-11-22-44)47-25-15-24-46(31-47)42-17-6-3-7-18-42/h3-39H,1-2H3. The van der Waals surface area contributed by atoms with Gasteiger partial charge in [0.25, 0.3) is 0 Å². The van der Waals surface area contributed by atoms with E-state index in [9.17, 15) is 5.26 Å². The summed E-state index contributed by atoms with van der Waals surface area (Å²) in [5, 5.41) is 12.5. The van der Waals surface area contributed by atoms with Crippen LogP contribution in [-0.2, 0) is 5.41 Å². The molecule has 1 aliphatic rings. The van der Waals surface area contributed by atoms with Crippen LogP contribution in [0.15, 0.2) is 224 Å². The summed E-state index contributed by atoms with van der Waals surface area (Å²) in [6.45, 7) is 4.70. The number of nitrogens with zero attached hydrogens (tertiary/aromatic N) is 3. The third-order valence-corrected chi connectivity index (χ3v) is 13.6. The van der Waals surface area contributed by atoms with Crippen LogP contribution in [0.25, 0.3) is 106 Å². The fourth-order valence-electron chi connectivity index (χ4n) is 10.2. The molecule has 2 aromatic heterocycles. The Morgan fingerprint density at radius 2 is 0.909 bits per heavy atom. The number of benzene rings is 9. The molecule has 310 valence electrons. The quantitative estimate of drug-likeness (QED) is 0.160. The minimum absolute atomic E-state index is 0.183. The first-order chi connectivity index (χ1) is 32.4. The van der Waals surface area contributed by atoms with Crippen molar-refractivity contribution in [2.45, 2.75) is 19.3 Å². The van der Waals surface area contributed by atoms with Gasteiger partial charge >= 0.3 is 0 Å². The molecule has 0 bridgehead atoms. The molecule has 0 fully saturated rings. The van der Waals surface area contributed by atoms with Gasteiger partial charge in [0.2, 0.25) is 0 Å². The number of nitriles is 1. The van der Waals surface area contributed by atoms with Crippen molar-refractivity contribution in [3.05, 3.63) is 241 Å². The molecular formula is C63H43N3. The van der Waals surface area contributed by atoms with Crippen molar-refractivity contribution in [2.24, 2.45) is 0 Å². The molecule has 0 unspecified atom stereocenters. The lowest BCUT2D eigenvalue weighted by Gasteiger charge is -2.22. The Balaban J connectivity index is 1.14. The van der Waals surface area contributed by atoms with E-state index in [4.69, 9.17) is 4.98 Å². The third-order valence-electron chi connectivity index (χ3n) is 13.6. The molecule has 0 spiro atoms. The van der Waals surface area contributed by atoms with Gasteiger partial charge < -0.3 is 4.57 Å². The molecule has 0 amide bonds. The van der Waals surface area contributed by atoms with E-state index in [1.54, 1.807) is 0 Å². The SMILES string of the molecule is CC1(C)c2ccccc2-c2cc3c4ccc(-c5ccccc5)cc4n(-c4cc(-c5cccc(C#N)c5)cc(-c5cc(-c6cccc(-c7ccccc7)c6)cc(-c6ccccc6)n5)c4)c3cc21. The number of hydrogen-bond donors (Lipinski definition) is 0. The zero-order chi connectivity index (χ0) is 44.4. The number of aromatic nitrogens is 2. The largest absolute Gasteiger partial charge is 0.309 e. The zero-order valence-corrected chi connectivity index (χ0v) is 36.7. The summed E-state index contributed by atoms with van der Waals surface area (Å²) in [5.41, 5.74) is 21.6. The van der Waals surface area contributed by atoms with E-state index in [2.05, 4.69) is 225 Å². The summed E-state index contributed by atoms with van der Waals surface area (Å²) in [5.74, 6) is 0.